The standard InChI is InChI=1S/C13H11F5N4/c1-19-3-7-2-10(20-6-9(7)11(14)15)8-4-21-12(22-5-8)13(16,17)18/h2,4-6,11,19H,3H2,1H3. The summed E-state index contributed by atoms with van der Waals surface area (Å²) in [7, 11) is 1.59. The number of halogens is 5. The van der Waals surface area contributed by atoms with Crippen LogP contribution in [0.2, 0.25) is 0 Å². The zero-order chi connectivity index (χ0) is 16.3. The third-order valence-corrected chi connectivity index (χ3v) is 2.83. The lowest BCUT2D eigenvalue weighted by atomic mass is 10.1. The number of hydrogen-bond acceptors (Lipinski definition) is 4. The minimum atomic E-state index is -4.64. The summed E-state index contributed by atoms with van der Waals surface area (Å²) < 4.78 is 62.9. The van der Waals surface area contributed by atoms with Gasteiger partial charge < -0.3 is 5.32 Å². The Hall–Kier alpha value is -2.16. The average molecular weight is 318 g/mol. The Morgan fingerprint density at radius 2 is 1.73 bits per heavy atom. The number of nitrogens with zero attached hydrogens (tertiary/aromatic N) is 3. The number of pyridine rings is 1. The van der Waals surface area contributed by atoms with Crippen molar-refractivity contribution in [1.82, 2.24) is 20.3 Å². The molecule has 0 saturated heterocycles. The first-order valence-corrected chi connectivity index (χ1v) is 6.14. The van der Waals surface area contributed by atoms with E-state index in [1.165, 1.54) is 6.07 Å². The van der Waals surface area contributed by atoms with Crippen LogP contribution in [0.25, 0.3) is 11.3 Å². The summed E-state index contributed by atoms with van der Waals surface area (Å²) in [5.41, 5.74) is 0.517. The molecular formula is C13H11F5N4. The van der Waals surface area contributed by atoms with Crippen molar-refractivity contribution < 1.29 is 22.0 Å². The molecule has 0 atom stereocenters. The Morgan fingerprint density at radius 1 is 1.09 bits per heavy atom. The van der Waals surface area contributed by atoms with E-state index in [0.29, 0.717) is 5.56 Å². The maximum atomic E-state index is 12.9. The van der Waals surface area contributed by atoms with E-state index in [-0.39, 0.29) is 23.4 Å². The van der Waals surface area contributed by atoms with Crippen LogP contribution < -0.4 is 5.32 Å². The third kappa shape index (κ3) is 3.53. The van der Waals surface area contributed by atoms with Gasteiger partial charge >= 0.3 is 6.18 Å². The van der Waals surface area contributed by atoms with Gasteiger partial charge in [0.15, 0.2) is 0 Å². The van der Waals surface area contributed by atoms with E-state index in [1.807, 2.05) is 0 Å². The van der Waals surface area contributed by atoms with Gasteiger partial charge in [0.2, 0.25) is 5.82 Å². The second kappa shape index (κ2) is 6.30. The van der Waals surface area contributed by atoms with Gasteiger partial charge in [0.25, 0.3) is 6.43 Å². The predicted octanol–water partition coefficient (Wildman–Crippen LogP) is 3.21. The van der Waals surface area contributed by atoms with Crippen molar-refractivity contribution in [3.05, 3.63) is 41.6 Å². The van der Waals surface area contributed by atoms with Gasteiger partial charge in [0, 0.05) is 36.3 Å². The zero-order valence-electron chi connectivity index (χ0n) is 11.3. The minimum absolute atomic E-state index is 0.177. The summed E-state index contributed by atoms with van der Waals surface area (Å²) in [4.78, 5) is 10.3. The van der Waals surface area contributed by atoms with E-state index in [1.54, 1.807) is 7.05 Å². The van der Waals surface area contributed by atoms with Crippen LogP contribution in [0.3, 0.4) is 0 Å². The van der Waals surface area contributed by atoms with Gasteiger partial charge in [-0.05, 0) is 18.7 Å². The normalized spacial score (nSPS) is 12.0. The van der Waals surface area contributed by atoms with Crippen molar-refractivity contribution in [2.24, 2.45) is 0 Å². The van der Waals surface area contributed by atoms with Gasteiger partial charge in [0.1, 0.15) is 0 Å². The molecule has 0 fully saturated rings. The molecule has 22 heavy (non-hydrogen) atoms. The summed E-state index contributed by atoms with van der Waals surface area (Å²) in [6.07, 6.45) is -4.39. The first-order valence-electron chi connectivity index (χ1n) is 6.14. The highest BCUT2D eigenvalue weighted by Crippen LogP contribution is 2.28. The van der Waals surface area contributed by atoms with Crippen LogP contribution in [0.5, 0.6) is 0 Å². The van der Waals surface area contributed by atoms with Crippen molar-refractivity contribution >= 4 is 0 Å². The fourth-order valence-electron chi connectivity index (χ4n) is 1.81. The fourth-order valence-corrected chi connectivity index (χ4v) is 1.81. The highest BCUT2D eigenvalue weighted by Gasteiger charge is 2.34. The molecule has 1 N–H and O–H groups in total. The second-order valence-electron chi connectivity index (χ2n) is 4.39. The predicted molar refractivity (Wildman–Crippen MR) is 68.0 cm³/mol. The molecule has 0 aliphatic rings. The molecule has 0 unspecified atom stereocenters. The maximum absolute atomic E-state index is 12.9. The van der Waals surface area contributed by atoms with Crippen LogP contribution in [0.15, 0.2) is 24.7 Å². The number of nitrogens with one attached hydrogen (secondary N) is 1. The third-order valence-electron chi connectivity index (χ3n) is 2.83. The smallest absolute Gasteiger partial charge is 0.316 e. The van der Waals surface area contributed by atoms with Gasteiger partial charge in [-0.15, -0.1) is 0 Å². The Morgan fingerprint density at radius 3 is 2.23 bits per heavy atom. The van der Waals surface area contributed by atoms with E-state index in [4.69, 9.17) is 0 Å². The minimum Gasteiger partial charge on any atom is -0.316 e. The topological polar surface area (TPSA) is 50.7 Å². The maximum Gasteiger partial charge on any atom is 0.451 e. The van der Waals surface area contributed by atoms with E-state index >= 15 is 0 Å². The van der Waals surface area contributed by atoms with E-state index in [2.05, 4.69) is 20.3 Å². The average Bonchev–Trinajstić information content (AvgIpc) is 2.46. The molecule has 0 aliphatic carbocycles. The lowest BCUT2D eigenvalue weighted by Gasteiger charge is -2.10. The highest BCUT2D eigenvalue weighted by molar-refractivity contribution is 5.58. The molecule has 0 radical (unpaired) electrons. The number of alkyl halides is 5. The number of hydrogen-bond donors (Lipinski definition) is 1. The molecule has 118 valence electrons. The molecule has 0 aromatic carbocycles. The summed E-state index contributed by atoms with van der Waals surface area (Å²) in [6, 6.07) is 1.38. The molecule has 9 heteroatoms. The Balaban J connectivity index is 2.38. The Kier molecular flexibility index (Phi) is 4.65. The van der Waals surface area contributed by atoms with Gasteiger partial charge in [-0.25, -0.2) is 18.7 Å². The molecule has 2 aromatic rings. The molecule has 0 saturated carbocycles. The Labute approximate surface area is 122 Å². The van der Waals surface area contributed by atoms with E-state index in [0.717, 1.165) is 18.6 Å². The van der Waals surface area contributed by atoms with E-state index in [9.17, 15) is 22.0 Å². The molecule has 2 heterocycles. The zero-order valence-corrected chi connectivity index (χ0v) is 11.3. The van der Waals surface area contributed by atoms with Crippen molar-refractivity contribution in [3.63, 3.8) is 0 Å². The lowest BCUT2D eigenvalue weighted by molar-refractivity contribution is -0.144. The molecule has 0 amide bonds. The van der Waals surface area contributed by atoms with Gasteiger partial charge in [-0.1, -0.05) is 0 Å². The second-order valence-corrected chi connectivity index (χ2v) is 4.39. The number of rotatable bonds is 4. The summed E-state index contributed by atoms with van der Waals surface area (Å²) in [6.45, 7) is 0.177. The van der Waals surface area contributed by atoms with Crippen LogP contribution in [-0.2, 0) is 12.7 Å². The van der Waals surface area contributed by atoms with Crippen molar-refractivity contribution in [3.8, 4) is 11.3 Å². The van der Waals surface area contributed by atoms with E-state index < -0.39 is 18.4 Å². The van der Waals surface area contributed by atoms with Gasteiger partial charge in [0.05, 0.1) is 5.69 Å². The van der Waals surface area contributed by atoms with Crippen molar-refractivity contribution in [1.29, 1.82) is 0 Å². The number of aromatic nitrogens is 3. The first kappa shape index (κ1) is 16.2. The van der Waals surface area contributed by atoms with Crippen LogP contribution in [0, 0.1) is 0 Å². The molecule has 0 aliphatic heterocycles. The highest BCUT2D eigenvalue weighted by atomic mass is 19.4. The molecule has 2 rings (SSSR count). The first-order chi connectivity index (χ1) is 10.3. The molecular weight excluding hydrogens is 307 g/mol. The van der Waals surface area contributed by atoms with Crippen LogP contribution >= 0.6 is 0 Å². The summed E-state index contributed by atoms with van der Waals surface area (Å²) in [5.74, 6) is -1.27. The quantitative estimate of drug-likeness (QED) is 0.880. The van der Waals surface area contributed by atoms with Gasteiger partial charge in [-0.3, -0.25) is 4.98 Å². The van der Waals surface area contributed by atoms with Crippen LogP contribution in [0.1, 0.15) is 23.4 Å². The van der Waals surface area contributed by atoms with Crippen molar-refractivity contribution in [2.75, 3.05) is 7.05 Å². The summed E-state index contributed by atoms with van der Waals surface area (Å²) in [5, 5.41) is 2.75. The molecule has 0 bridgehead atoms. The van der Waals surface area contributed by atoms with Crippen LogP contribution in [-0.4, -0.2) is 22.0 Å². The largest absolute Gasteiger partial charge is 0.451 e. The lowest BCUT2D eigenvalue weighted by Crippen LogP contribution is -2.11. The van der Waals surface area contributed by atoms with Crippen LogP contribution in [0.4, 0.5) is 22.0 Å². The molecule has 2 aromatic heterocycles. The fraction of sp³-hybridized carbons (Fsp3) is 0.308. The Bertz CT molecular complexity index is 640. The van der Waals surface area contributed by atoms with Gasteiger partial charge in [-0.2, -0.15) is 13.2 Å². The monoisotopic (exact) mass is 318 g/mol. The molecule has 0 spiro atoms. The molecule has 4 nitrogen and oxygen atoms in total. The summed E-state index contributed by atoms with van der Waals surface area (Å²) >= 11 is 0. The SMILES string of the molecule is CNCc1cc(-c2cnc(C(F)(F)F)nc2)ncc1C(F)F. The van der Waals surface area contributed by atoms with Crippen molar-refractivity contribution in [2.45, 2.75) is 19.1 Å².